The molecule has 2 aromatic carbocycles. The van der Waals surface area contributed by atoms with Gasteiger partial charge in [0.05, 0.1) is 11.2 Å². The number of hydrogen-bond donors (Lipinski definition) is 3. The SMILES string of the molecule is CC(C)(C)[C@@](C)(O)[C@H]1C[C@@]23CC[C@]1(C)[C@@H]1Oc4c(O)ccc5c4[C@@]12CCN(CC1CC1)[C@@H]3C5.Cc1ccc2c3c1O[C@H]1[C@@]4(C)CC[C@@]5(C[C@@H]4[C@](C)(O)C(C)(C)C)[C@@H](C2)N(C(=O)C2CC2)CC[C@]315. The molecule has 2 aromatic rings. The highest BCUT2D eigenvalue weighted by molar-refractivity contribution is 5.82. The summed E-state index contributed by atoms with van der Waals surface area (Å²) in [7, 11) is 0. The molecule has 8 heteroatoms. The van der Waals surface area contributed by atoms with Crippen LogP contribution < -0.4 is 9.47 Å². The summed E-state index contributed by atoms with van der Waals surface area (Å²) in [5, 5.41) is 35.3. The predicted molar refractivity (Wildman–Crippen MR) is 260 cm³/mol. The lowest BCUT2D eigenvalue weighted by atomic mass is 9.31. The number of aromatic hydroxyl groups is 1. The van der Waals surface area contributed by atoms with Crippen LogP contribution in [0, 0.1) is 63.1 Å². The van der Waals surface area contributed by atoms with Crippen molar-refractivity contribution < 1.29 is 29.6 Å². The Balaban J connectivity index is 0.000000133. The van der Waals surface area contributed by atoms with Crippen molar-refractivity contribution in [3.63, 3.8) is 0 Å². The Morgan fingerprint density at radius 2 is 1.18 bits per heavy atom. The first-order valence-electron chi connectivity index (χ1n) is 27.1. The second kappa shape index (κ2) is 13.0. The maximum Gasteiger partial charge on any atom is 0.225 e. The molecule has 8 nitrogen and oxygen atoms in total. The summed E-state index contributed by atoms with van der Waals surface area (Å²) in [6, 6.07) is 9.37. The van der Waals surface area contributed by atoms with Crippen LogP contribution in [-0.4, -0.2) is 86.2 Å². The minimum absolute atomic E-state index is 0.00975. The van der Waals surface area contributed by atoms with Crippen LogP contribution in [0.3, 0.4) is 0 Å². The molecular weight excluding hydrogens is 833 g/mol. The van der Waals surface area contributed by atoms with Gasteiger partial charge in [0.1, 0.15) is 18.0 Å². The first kappa shape index (κ1) is 44.2. The van der Waals surface area contributed by atoms with Gasteiger partial charge in [-0.1, -0.05) is 73.6 Å². The lowest BCUT2D eigenvalue weighted by Gasteiger charge is -2.75. The lowest BCUT2D eigenvalue weighted by molar-refractivity contribution is -0.276. The molecule has 8 saturated carbocycles. The molecule has 3 N–H and O–H groups in total. The average Bonchev–Trinajstić information content (AvgIpc) is 4.20. The maximum atomic E-state index is 13.6. The van der Waals surface area contributed by atoms with Crippen LogP contribution in [0.1, 0.15) is 174 Å². The number of phenolic OH excluding ortho intramolecular Hbond substituents is 1. The molecule has 1 amide bonds. The number of carbonyl (C=O) groups is 1. The van der Waals surface area contributed by atoms with Gasteiger partial charge in [-0.25, -0.2) is 0 Å². The van der Waals surface area contributed by atoms with E-state index in [0.29, 0.717) is 17.7 Å². The zero-order valence-corrected chi connectivity index (χ0v) is 42.9. The molecule has 364 valence electrons. The summed E-state index contributed by atoms with van der Waals surface area (Å²) in [5.41, 5.74) is 4.75. The second-order valence-corrected chi connectivity index (χ2v) is 28.4. The van der Waals surface area contributed by atoms with E-state index in [2.05, 4.69) is 104 Å². The first-order chi connectivity index (χ1) is 31.3. The van der Waals surface area contributed by atoms with E-state index in [9.17, 15) is 20.1 Å². The van der Waals surface area contributed by atoms with E-state index in [1.807, 2.05) is 6.07 Å². The Hall–Kier alpha value is -2.81. The number of aliphatic hydroxyl groups is 2. The number of rotatable bonds is 5. The van der Waals surface area contributed by atoms with E-state index in [1.54, 1.807) is 0 Å². The molecule has 14 aliphatic rings. The van der Waals surface area contributed by atoms with Gasteiger partial charge in [-0.05, 0) is 169 Å². The zero-order valence-electron chi connectivity index (χ0n) is 42.9. The molecule has 16 rings (SSSR count). The van der Waals surface area contributed by atoms with Crippen LogP contribution in [-0.2, 0) is 28.5 Å². The van der Waals surface area contributed by atoms with E-state index < -0.39 is 11.2 Å². The second-order valence-electron chi connectivity index (χ2n) is 28.4. The Labute approximate surface area is 401 Å². The molecule has 14 atom stereocenters. The van der Waals surface area contributed by atoms with Crippen LogP contribution in [0.25, 0.3) is 0 Å². The molecule has 4 aliphatic heterocycles. The number of nitrogens with zero attached hydrogens (tertiary/aromatic N) is 2. The lowest BCUT2D eigenvalue weighted by Crippen LogP contribution is -2.80. The van der Waals surface area contributed by atoms with E-state index >= 15 is 0 Å². The number of amides is 1. The summed E-state index contributed by atoms with van der Waals surface area (Å²) in [5.74, 6) is 4.08. The van der Waals surface area contributed by atoms with Gasteiger partial charge >= 0.3 is 0 Å². The van der Waals surface area contributed by atoms with Crippen molar-refractivity contribution in [3.05, 3.63) is 52.1 Å². The third-order valence-corrected chi connectivity index (χ3v) is 24.1. The fourth-order valence-electron chi connectivity index (χ4n) is 19.5. The van der Waals surface area contributed by atoms with Crippen molar-refractivity contribution >= 4 is 5.91 Å². The first-order valence-corrected chi connectivity index (χ1v) is 27.1. The summed E-state index contributed by atoms with van der Waals surface area (Å²) >= 11 is 0. The number of phenols is 1. The number of likely N-dealkylation sites (tertiary alicyclic amines) is 2. The molecule has 2 saturated heterocycles. The van der Waals surface area contributed by atoms with Crippen LogP contribution in [0.15, 0.2) is 24.3 Å². The monoisotopic (exact) mass is 915 g/mol. The molecule has 0 unspecified atom stereocenters. The highest BCUT2D eigenvalue weighted by Gasteiger charge is 2.83. The standard InChI is InChI=1S/C30H41NO3.C29H41NO3/c1-17-7-8-19-15-21-29-12-11-27(5,20(16-29)28(6,33)26(2,3)4)25-30(29,22(19)23(17)34-25)13-14-31(21)24(32)18-9-10-18;1-25(2,3)27(5,32)20-15-28-11-10-26(20,4)24-29(28)12-13-30(16-17-6-7-17)21(28)14-18-8-9-19(31)23(33-24)22(18)29/h7-8,18,20-21,25,33H,9-16H2,1-6H3;8-9,17,20-21,24,31-32H,6-7,10-16H2,1-5H3/t20-,21+,25-,27-,28-,29+,30-;20-,21+,24-,26-,27-,28+,29-/m00/s1. The van der Waals surface area contributed by atoms with Gasteiger partial charge in [0.2, 0.25) is 5.91 Å². The van der Waals surface area contributed by atoms with Crippen LogP contribution in [0.2, 0.25) is 0 Å². The summed E-state index contributed by atoms with van der Waals surface area (Å²) < 4.78 is 14.0. The smallest absolute Gasteiger partial charge is 0.225 e. The summed E-state index contributed by atoms with van der Waals surface area (Å²) in [4.78, 5) is 18.8. The van der Waals surface area contributed by atoms with Crippen LogP contribution in [0.4, 0.5) is 0 Å². The summed E-state index contributed by atoms with van der Waals surface area (Å²) in [6.45, 7) is 27.6. The van der Waals surface area contributed by atoms with E-state index in [1.165, 1.54) is 53.6 Å². The third kappa shape index (κ3) is 5.02. The highest BCUT2D eigenvalue weighted by Crippen LogP contribution is 2.81. The van der Waals surface area contributed by atoms with Gasteiger partial charge in [-0.3, -0.25) is 9.69 Å². The number of carbonyl (C=O) groups excluding carboxylic acids is 1. The fraction of sp³-hybridized carbons (Fsp3) is 0.780. The van der Waals surface area contributed by atoms with Gasteiger partial charge in [-0.2, -0.15) is 0 Å². The zero-order chi connectivity index (χ0) is 47.2. The Morgan fingerprint density at radius 3 is 1.73 bits per heavy atom. The molecule has 67 heavy (non-hydrogen) atoms. The minimum atomic E-state index is -0.816. The molecule has 10 aliphatic carbocycles. The summed E-state index contributed by atoms with van der Waals surface area (Å²) in [6.07, 6.45) is 15.8. The number of hydrogen-bond acceptors (Lipinski definition) is 7. The molecule has 0 radical (unpaired) electrons. The number of benzene rings is 2. The third-order valence-electron chi connectivity index (χ3n) is 24.1. The van der Waals surface area contributed by atoms with Gasteiger partial charge in [0.25, 0.3) is 0 Å². The normalized spacial score (nSPS) is 44.0. The molecule has 4 spiro atoms. The average molecular weight is 915 g/mol. The number of piperidine rings is 2. The van der Waals surface area contributed by atoms with Crippen molar-refractivity contribution in [2.45, 2.75) is 212 Å². The maximum absolute atomic E-state index is 13.6. The van der Waals surface area contributed by atoms with Crippen LogP contribution in [0.5, 0.6) is 17.2 Å². The van der Waals surface area contributed by atoms with Gasteiger partial charge < -0.3 is 29.7 Å². The van der Waals surface area contributed by atoms with Crippen molar-refractivity contribution in [3.8, 4) is 17.2 Å². The van der Waals surface area contributed by atoms with E-state index in [0.717, 1.165) is 101 Å². The predicted octanol–water partition coefficient (Wildman–Crippen LogP) is 10.2. The topological polar surface area (TPSA) is 103 Å². The molecule has 0 aromatic heterocycles. The number of fused-ring (bicyclic) bond motifs is 4. The van der Waals surface area contributed by atoms with Crippen molar-refractivity contribution in [1.29, 1.82) is 0 Å². The molecule has 8 bridgehead atoms. The Morgan fingerprint density at radius 1 is 0.672 bits per heavy atom. The Kier molecular flexibility index (Phi) is 8.56. The Bertz CT molecular complexity index is 2490. The van der Waals surface area contributed by atoms with Crippen molar-refractivity contribution in [2.24, 2.45) is 56.2 Å². The number of ether oxygens (including phenoxy) is 2. The van der Waals surface area contributed by atoms with Crippen LogP contribution >= 0.6 is 0 Å². The molecule has 10 fully saturated rings. The van der Waals surface area contributed by atoms with Crippen molar-refractivity contribution in [2.75, 3.05) is 19.6 Å². The van der Waals surface area contributed by atoms with Crippen molar-refractivity contribution in [1.82, 2.24) is 9.80 Å². The van der Waals surface area contributed by atoms with E-state index in [-0.39, 0.29) is 79.3 Å². The van der Waals surface area contributed by atoms with Gasteiger partial charge in [0, 0.05) is 74.7 Å². The van der Waals surface area contributed by atoms with E-state index in [4.69, 9.17) is 9.47 Å². The largest absolute Gasteiger partial charge is 0.504 e. The fourth-order valence-corrected chi connectivity index (χ4v) is 19.5. The van der Waals surface area contributed by atoms with Gasteiger partial charge in [0.15, 0.2) is 11.5 Å². The molecular formula is C59H82N2O6. The quantitative estimate of drug-likeness (QED) is 0.275. The highest BCUT2D eigenvalue weighted by atomic mass is 16.5. The minimum Gasteiger partial charge on any atom is -0.504 e. The van der Waals surface area contributed by atoms with Gasteiger partial charge in [-0.15, -0.1) is 0 Å². The number of aryl methyl sites for hydroxylation is 1. The molecule has 4 heterocycles.